The first-order valence-electron chi connectivity index (χ1n) is 11.6. The van der Waals surface area contributed by atoms with Crippen molar-refractivity contribution < 1.29 is 14.3 Å². The van der Waals surface area contributed by atoms with Crippen LogP contribution in [0, 0.1) is 17.2 Å². The number of amides is 2. The van der Waals surface area contributed by atoms with E-state index in [1.165, 1.54) is 0 Å². The molecule has 178 valence electrons. The van der Waals surface area contributed by atoms with Crippen LogP contribution >= 0.6 is 0 Å². The van der Waals surface area contributed by atoms with Crippen LogP contribution in [0.1, 0.15) is 39.9 Å². The predicted octanol–water partition coefficient (Wildman–Crippen LogP) is 4.09. The zero-order valence-corrected chi connectivity index (χ0v) is 19.4. The lowest BCUT2D eigenvalue weighted by molar-refractivity contribution is -0.123. The monoisotopic (exact) mass is 468 g/mol. The van der Waals surface area contributed by atoms with Crippen LogP contribution in [-0.4, -0.2) is 29.8 Å². The number of carbonyl (C=O) groups excluding carboxylic acids is 2. The average molecular weight is 469 g/mol. The van der Waals surface area contributed by atoms with Crippen LogP contribution in [0.5, 0.6) is 5.75 Å². The van der Waals surface area contributed by atoms with E-state index in [0.717, 1.165) is 37.1 Å². The Kier molecular flexibility index (Phi) is 7.76. The minimum Gasteiger partial charge on any atom is -0.489 e. The first kappa shape index (κ1) is 24.0. The second-order valence-electron chi connectivity index (χ2n) is 8.71. The van der Waals surface area contributed by atoms with Crippen LogP contribution in [0.2, 0.25) is 0 Å². The molecule has 7 heteroatoms. The maximum Gasteiger partial charge on any atom is 0.255 e. The topological polar surface area (TPSA) is 108 Å². The summed E-state index contributed by atoms with van der Waals surface area (Å²) in [4.78, 5) is 26.5. The van der Waals surface area contributed by atoms with Gasteiger partial charge in [-0.15, -0.1) is 0 Å². The molecular weight excluding hydrogens is 440 g/mol. The molecule has 0 aromatic heterocycles. The van der Waals surface area contributed by atoms with E-state index in [4.69, 9.17) is 10.5 Å². The summed E-state index contributed by atoms with van der Waals surface area (Å²) < 4.78 is 5.82. The van der Waals surface area contributed by atoms with Crippen molar-refractivity contribution in [3.63, 3.8) is 0 Å². The molecule has 1 fully saturated rings. The molecule has 0 bridgehead atoms. The van der Waals surface area contributed by atoms with Gasteiger partial charge >= 0.3 is 0 Å². The molecule has 35 heavy (non-hydrogen) atoms. The van der Waals surface area contributed by atoms with Crippen LogP contribution in [0.25, 0.3) is 0 Å². The third-order valence-electron chi connectivity index (χ3n) is 6.15. The zero-order chi connectivity index (χ0) is 24.6. The highest BCUT2D eigenvalue weighted by Crippen LogP contribution is 2.21. The van der Waals surface area contributed by atoms with Gasteiger partial charge in [-0.1, -0.05) is 36.4 Å². The molecule has 2 amide bonds. The van der Waals surface area contributed by atoms with Gasteiger partial charge in [-0.3, -0.25) is 14.5 Å². The van der Waals surface area contributed by atoms with Crippen molar-refractivity contribution in [3.05, 3.63) is 95.1 Å². The quantitative estimate of drug-likeness (QED) is 0.518. The molecule has 1 aliphatic rings. The SMILES string of the molecule is N#Cc1ccccc1COc1cccc(C(=O)Nc2ccc(CN3CCCC(C(N)=O)C3)cc2)c1. The molecule has 0 saturated carbocycles. The van der Waals surface area contributed by atoms with Crippen molar-refractivity contribution in [2.45, 2.75) is 26.0 Å². The number of anilines is 1. The van der Waals surface area contributed by atoms with Crippen molar-refractivity contribution in [3.8, 4) is 11.8 Å². The molecule has 3 aromatic carbocycles. The third-order valence-corrected chi connectivity index (χ3v) is 6.15. The summed E-state index contributed by atoms with van der Waals surface area (Å²) in [7, 11) is 0. The number of carbonyl (C=O) groups is 2. The Hall–Kier alpha value is -4.15. The van der Waals surface area contributed by atoms with E-state index in [-0.39, 0.29) is 24.3 Å². The van der Waals surface area contributed by atoms with Gasteiger partial charge < -0.3 is 15.8 Å². The third kappa shape index (κ3) is 6.46. The normalized spacial score (nSPS) is 15.7. The molecule has 3 N–H and O–H groups in total. The number of ether oxygens (including phenoxy) is 1. The first-order valence-corrected chi connectivity index (χ1v) is 11.6. The Morgan fingerprint density at radius 3 is 2.66 bits per heavy atom. The zero-order valence-electron chi connectivity index (χ0n) is 19.4. The summed E-state index contributed by atoms with van der Waals surface area (Å²) in [6.45, 7) is 2.62. The number of primary amides is 1. The van der Waals surface area contributed by atoms with Gasteiger partial charge in [-0.25, -0.2) is 0 Å². The van der Waals surface area contributed by atoms with Crippen molar-refractivity contribution in [1.29, 1.82) is 5.26 Å². The Labute approximate surface area is 205 Å². The molecule has 1 saturated heterocycles. The van der Waals surface area contributed by atoms with E-state index >= 15 is 0 Å². The van der Waals surface area contributed by atoms with Crippen LogP contribution in [0.15, 0.2) is 72.8 Å². The highest BCUT2D eigenvalue weighted by atomic mass is 16.5. The lowest BCUT2D eigenvalue weighted by Gasteiger charge is -2.31. The second kappa shape index (κ2) is 11.3. The standard InChI is InChI=1S/C28H28N4O3/c29-16-22-5-1-2-6-24(22)19-35-26-9-3-7-21(15-26)28(34)31-25-12-10-20(11-13-25)17-32-14-4-8-23(18-32)27(30)33/h1-3,5-7,9-13,15,23H,4,8,14,17-19H2,(H2,30,33)(H,31,34). The lowest BCUT2D eigenvalue weighted by Crippen LogP contribution is -2.40. The van der Waals surface area contributed by atoms with E-state index in [0.29, 0.717) is 29.1 Å². The number of nitrogens with two attached hydrogens (primary N) is 1. The number of nitrogens with one attached hydrogen (secondary N) is 1. The van der Waals surface area contributed by atoms with E-state index < -0.39 is 0 Å². The maximum atomic E-state index is 12.8. The van der Waals surface area contributed by atoms with E-state index in [9.17, 15) is 14.9 Å². The van der Waals surface area contributed by atoms with Crippen molar-refractivity contribution in [2.75, 3.05) is 18.4 Å². The molecule has 0 aliphatic carbocycles. The van der Waals surface area contributed by atoms with Crippen LogP contribution in [-0.2, 0) is 17.9 Å². The Bertz CT molecular complexity index is 1230. The molecule has 4 rings (SSSR count). The summed E-state index contributed by atoms with van der Waals surface area (Å²) in [5, 5.41) is 12.1. The number of nitrogens with zero attached hydrogens (tertiary/aromatic N) is 2. The summed E-state index contributed by atoms with van der Waals surface area (Å²) in [5.74, 6) is 0.00912. The number of likely N-dealkylation sites (tertiary alicyclic amines) is 1. The van der Waals surface area contributed by atoms with Gasteiger partial charge in [0.05, 0.1) is 17.6 Å². The Morgan fingerprint density at radius 1 is 1.09 bits per heavy atom. The fraction of sp³-hybridized carbons (Fsp3) is 0.250. The molecule has 1 unspecified atom stereocenters. The molecule has 0 spiro atoms. The van der Waals surface area contributed by atoms with Crippen LogP contribution in [0.4, 0.5) is 5.69 Å². The number of hydrogen-bond donors (Lipinski definition) is 2. The van der Waals surface area contributed by atoms with Crippen molar-refractivity contribution in [1.82, 2.24) is 4.90 Å². The number of rotatable bonds is 8. The average Bonchev–Trinajstić information content (AvgIpc) is 2.89. The first-order chi connectivity index (χ1) is 17.0. The van der Waals surface area contributed by atoms with Gasteiger partial charge in [0.25, 0.3) is 5.91 Å². The predicted molar refractivity (Wildman–Crippen MR) is 134 cm³/mol. The molecule has 7 nitrogen and oxygen atoms in total. The summed E-state index contributed by atoms with van der Waals surface area (Å²) in [6.07, 6.45) is 1.82. The van der Waals surface area contributed by atoms with Gasteiger partial charge in [0.1, 0.15) is 12.4 Å². The molecule has 1 atom stereocenters. The Balaban J connectivity index is 1.33. The number of piperidine rings is 1. The Morgan fingerprint density at radius 2 is 1.89 bits per heavy atom. The summed E-state index contributed by atoms with van der Waals surface area (Å²) in [6, 6.07) is 24.1. The van der Waals surface area contributed by atoms with Crippen LogP contribution < -0.4 is 15.8 Å². The van der Waals surface area contributed by atoms with E-state index in [1.807, 2.05) is 42.5 Å². The molecular formula is C28H28N4O3. The number of nitriles is 1. The van der Waals surface area contributed by atoms with Crippen LogP contribution in [0.3, 0.4) is 0 Å². The number of hydrogen-bond acceptors (Lipinski definition) is 5. The minimum atomic E-state index is -0.235. The van der Waals surface area contributed by atoms with E-state index in [1.54, 1.807) is 30.3 Å². The van der Waals surface area contributed by atoms with Gasteiger partial charge in [0, 0.05) is 29.9 Å². The molecule has 3 aromatic rings. The second-order valence-corrected chi connectivity index (χ2v) is 8.71. The molecule has 0 radical (unpaired) electrons. The fourth-order valence-corrected chi connectivity index (χ4v) is 4.23. The van der Waals surface area contributed by atoms with Crippen molar-refractivity contribution in [2.24, 2.45) is 11.7 Å². The van der Waals surface area contributed by atoms with Gasteiger partial charge in [0.2, 0.25) is 5.91 Å². The van der Waals surface area contributed by atoms with E-state index in [2.05, 4.69) is 16.3 Å². The maximum absolute atomic E-state index is 12.8. The number of benzene rings is 3. The van der Waals surface area contributed by atoms with Crippen molar-refractivity contribution >= 4 is 17.5 Å². The summed E-state index contributed by atoms with van der Waals surface area (Å²) >= 11 is 0. The van der Waals surface area contributed by atoms with Gasteiger partial charge in [0.15, 0.2) is 0 Å². The van der Waals surface area contributed by atoms with Gasteiger partial charge in [-0.05, 0) is 61.3 Å². The molecule has 1 aliphatic heterocycles. The summed E-state index contributed by atoms with van der Waals surface area (Å²) in [5.41, 5.74) is 9.12. The van der Waals surface area contributed by atoms with Gasteiger partial charge in [-0.2, -0.15) is 5.26 Å². The highest BCUT2D eigenvalue weighted by Gasteiger charge is 2.23. The largest absolute Gasteiger partial charge is 0.489 e. The lowest BCUT2D eigenvalue weighted by atomic mass is 9.97. The highest BCUT2D eigenvalue weighted by molar-refractivity contribution is 6.04. The smallest absolute Gasteiger partial charge is 0.255 e. The minimum absolute atomic E-state index is 0.0804. The fourth-order valence-electron chi connectivity index (χ4n) is 4.23. The molecule has 1 heterocycles.